The van der Waals surface area contributed by atoms with E-state index in [4.69, 9.17) is 14.2 Å². The van der Waals surface area contributed by atoms with Crippen LogP contribution < -0.4 is 9.47 Å². The molecule has 1 aromatic carbocycles. The molecule has 0 aromatic heterocycles. The van der Waals surface area contributed by atoms with Crippen LogP contribution in [0.15, 0.2) is 18.2 Å². The molecule has 3 rings (SSSR count). The third kappa shape index (κ3) is 5.85. The number of hydrogen-bond acceptors (Lipinski definition) is 7. The molecule has 1 fully saturated rings. The number of benzene rings is 1. The fourth-order valence-corrected chi connectivity index (χ4v) is 4.63. The molecule has 0 bridgehead atoms. The standard InChI is InChI=1S/C25H36N2O6/c1-4-7-11-26(12-8-5-2)23(29)15-27-14-19(24(20(27)16-28)25(30)31-6-3)18-9-10-21-22(13-18)33-17-32-21/h9-10,13,16,19-20,24H,4-8,11-12,14-15,17H2,1-3H3. The van der Waals surface area contributed by atoms with Gasteiger partial charge in [-0.2, -0.15) is 0 Å². The monoisotopic (exact) mass is 460 g/mol. The Bertz CT molecular complexity index is 821. The van der Waals surface area contributed by atoms with Gasteiger partial charge in [0, 0.05) is 25.6 Å². The lowest BCUT2D eigenvalue weighted by Gasteiger charge is -2.27. The molecule has 3 unspecified atom stereocenters. The molecule has 2 aliphatic heterocycles. The minimum Gasteiger partial charge on any atom is -0.466 e. The van der Waals surface area contributed by atoms with Crippen molar-refractivity contribution in [3.8, 4) is 11.5 Å². The molecule has 0 aliphatic carbocycles. The zero-order chi connectivity index (χ0) is 23.8. The van der Waals surface area contributed by atoms with Crippen molar-refractivity contribution in [1.29, 1.82) is 0 Å². The van der Waals surface area contributed by atoms with Crippen LogP contribution in [0.5, 0.6) is 11.5 Å². The van der Waals surface area contributed by atoms with Crippen molar-refractivity contribution in [2.75, 3.05) is 39.6 Å². The van der Waals surface area contributed by atoms with Crippen LogP contribution in [0.4, 0.5) is 0 Å². The molecule has 2 aliphatic rings. The normalized spacial score (nSPS) is 21.7. The maximum Gasteiger partial charge on any atom is 0.311 e. The number of hydrogen-bond donors (Lipinski definition) is 0. The number of carbonyl (C=O) groups is 3. The highest BCUT2D eigenvalue weighted by atomic mass is 16.7. The van der Waals surface area contributed by atoms with Gasteiger partial charge in [-0.3, -0.25) is 14.5 Å². The Morgan fingerprint density at radius 1 is 1.12 bits per heavy atom. The molecule has 2 heterocycles. The number of esters is 1. The van der Waals surface area contributed by atoms with Gasteiger partial charge < -0.3 is 23.9 Å². The topological polar surface area (TPSA) is 85.4 Å². The van der Waals surface area contributed by atoms with Crippen LogP contribution in [0.1, 0.15) is 57.9 Å². The van der Waals surface area contributed by atoms with E-state index >= 15 is 0 Å². The molecule has 0 N–H and O–H groups in total. The van der Waals surface area contributed by atoms with Crippen molar-refractivity contribution in [3.63, 3.8) is 0 Å². The maximum atomic E-state index is 13.2. The second kappa shape index (κ2) is 12.0. The van der Waals surface area contributed by atoms with Gasteiger partial charge in [-0.1, -0.05) is 32.8 Å². The number of likely N-dealkylation sites (tertiary alicyclic amines) is 1. The molecule has 8 nitrogen and oxygen atoms in total. The van der Waals surface area contributed by atoms with Crippen LogP contribution in [0, 0.1) is 5.92 Å². The maximum absolute atomic E-state index is 13.2. The molecular formula is C25H36N2O6. The van der Waals surface area contributed by atoms with E-state index in [1.807, 2.05) is 28.0 Å². The summed E-state index contributed by atoms with van der Waals surface area (Å²) in [5.41, 5.74) is 0.868. The van der Waals surface area contributed by atoms with Crippen LogP contribution in [0.2, 0.25) is 0 Å². The van der Waals surface area contributed by atoms with Gasteiger partial charge in [0.25, 0.3) is 0 Å². The van der Waals surface area contributed by atoms with E-state index in [-0.39, 0.29) is 31.8 Å². The first-order chi connectivity index (χ1) is 16.0. The van der Waals surface area contributed by atoms with Gasteiger partial charge in [-0.15, -0.1) is 0 Å². The SMILES string of the molecule is CCCCN(CCCC)C(=O)CN1CC(c2ccc3c(c2)OCO3)C(C(=O)OCC)C1C=O. The van der Waals surface area contributed by atoms with Crippen molar-refractivity contribution < 1.29 is 28.6 Å². The fourth-order valence-electron chi connectivity index (χ4n) is 4.63. The van der Waals surface area contributed by atoms with E-state index < -0.39 is 17.9 Å². The first-order valence-corrected chi connectivity index (χ1v) is 12.1. The Hall–Kier alpha value is -2.61. The minimum absolute atomic E-state index is 0.00213. The van der Waals surface area contributed by atoms with Crippen molar-refractivity contribution in [3.05, 3.63) is 23.8 Å². The van der Waals surface area contributed by atoms with E-state index in [1.54, 1.807) is 6.92 Å². The summed E-state index contributed by atoms with van der Waals surface area (Å²) in [5, 5.41) is 0. The van der Waals surface area contributed by atoms with Gasteiger partial charge in [0.15, 0.2) is 11.5 Å². The summed E-state index contributed by atoms with van der Waals surface area (Å²) >= 11 is 0. The summed E-state index contributed by atoms with van der Waals surface area (Å²) in [5.74, 6) is -0.112. The molecule has 0 spiro atoms. The van der Waals surface area contributed by atoms with E-state index in [2.05, 4.69) is 13.8 Å². The zero-order valence-electron chi connectivity index (χ0n) is 20.0. The number of rotatable bonds is 12. The van der Waals surface area contributed by atoms with Crippen LogP contribution in [0.3, 0.4) is 0 Å². The van der Waals surface area contributed by atoms with Gasteiger partial charge in [0.05, 0.1) is 25.1 Å². The minimum atomic E-state index is -0.720. The Kier molecular flexibility index (Phi) is 9.11. The van der Waals surface area contributed by atoms with Crippen LogP contribution in [-0.4, -0.2) is 73.6 Å². The van der Waals surface area contributed by atoms with Crippen LogP contribution in [0.25, 0.3) is 0 Å². The molecule has 33 heavy (non-hydrogen) atoms. The van der Waals surface area contributed by atoms with Crippen LogP contribution >= 0.6 is 0 Å². The van der Waals surface area contributed by atoms with Crippen molar-refractivity contribution >= 4 is 18.2 Å². The molecule has 1 amide bonds. The molecule has 0 radical (unpaired) electrons. The summed E-state index contributed by atoms with van der Waals surface area (Å²) in [6.07, 6.45) is 4.68. The summed E-state index contributed by atoms with van der Waals surface area (Å²) in [4.78, 5) is 42.0. The predicted octanol–water partition coefficient (Wildman–Crippen LogP) is 2.99. The predicted molar refractivity (Wildman–Crippen MR) is 123 cm³/mol. The van der Waals surface area contributed by atoms with Crippen molar-refractivity contribution in [1.82, 2.24) is 9.80 Å². The van der Waals surface area contributed by atoms with Crippen LogP contribution in [-0.2, 0) is 19.1 Å². The van der Waals surface area contributed by atoms with Crippen molar-refractivity contribution in [2.45, 2.75) is 58.4 Å². The lowest BCUT2D eigenvalue weighted by atomic mass is 9.85. The number of ether oxygens (including phenoxy) is 3. The van der Waals surface area contributed by atoms with Gasteiger partial charge in [-0.05, 0) is 37.5 Å². The molecule has 8 heteroatoms. The Morgan fingerprint density at radius 2 is 1.82 bits per heavy atom. The molecule has 1 aromatic rings. The van der Waals surface area contributed by atoms with Gasteiger partial charge in [0.2, 0.25) is 12.7 Å². The van der Waals surface area contributed by atoms with E-state index in [9.17, 15) is 14.4 Å². The molecule has 1 saturated heterocycles. The second-order valence-corrected chi connectivity index (χ2v) is 8.64. The largest absolute Gasteiger partial charge is 0.466 e. The Balaban J connectivity index is 1.83. The number of nitrogens with zero attached hydrogens (tertiary/aromatic N) is 2. The lowest BCUT2D eigenvalue weighted by molar-refractivity contribution is -0.150. The first kappa shape index (κ1) is 25.0. The number of carbonyl (C=O) groups excluding carboxylic acids is 3. The van der Waals surface area contributed by atoms with Gasteiger partial charge in [-0.25, -0.2) is 0 Å². The highest BCUT2D eigenvalue weighted by Gasteiger charge is 2.48. The van der Waals surface area contributed by atoms with E-state index in [1.165, 1.54) is 0 Å². The fraction of sp³-hybridized carbons (Fsp3) is 0.640. The molecule has 0 saturated carbocycles. The highest BCUT2D eigenvalue weighted by molar-refractivity contribution is 5.83. The van der Waals surface area contributed by atoms with Crippen molar-refractivity contribution in [2.24, 2.45) is 5.92 Å². The summed E-state index contributed by atoms with van der Waals surface area (Å²) in [6.45, 7) is 8.28. The first-order valence-electron chi connectivity index (χ1n) is 12.1. The van der Waals surface area contributed by atoms with E-state index in [0.717, 1.165) is 37.5 Å². The summed E-state index contributed by atoms with van der Waals surface area (Å²) in [7, 11) is 0. The number of amides is 1. The molecule has 3 atom stereocenters. The third-order valence-electron chi connectivity index (χ3n) is 6.43. The molecule has 182 valence electrons. The van der Waals surface area contributed by atoms with Gasteiger partial charge in [0.1, 0.15) is 6.29 Å². The molecular weight excluding hydrogens is 424 g/mol. The summed E-state index contributed by atoms with van der Waals surface area (Å²) < 4.78 is 16.2. The average Bonchev–Trinajstić information content (AvgIpc) is 3.43. The number of fused-ring (bicyclic) bond motifs is 1. The lowest BCUT2D eigenvalue weighted by Crippen LogP contribution is -2.45. The quantitative estimate of drug-likeness (QED) is 0.350. The third-order valence-corrected chi connectivity index (χ3v) is 6.43. The number of unbranched alkanes of at least 4 members (excludes halogenated alkanes) is 2. The smallest absolute Gasteiger partial charge is 0.311 e. The Labute approximate surface area is 196 Å². The number of aldehydes is 1. The highest BCUT2D eigenvalue weighted by Crippen LogP contribution is 2.41. The van der Waals surface area contributed by atoms with Gasteiger partial charge >= 0.3 is 5.97 Å². The Morgan fingerprint density at radius 3 is 2.45 bits per heavy atom. The van der Waals surface area contributed by atoms with E-state index in [0.29, 0.717) is 31.1 Å². The summed E-state index contributed by atoms with van der Waals surface area (Å²) in [6, 6.07) is 4.86. The zero-order valence-corrected chi connectivity index (χ0v) is 20.0. The second-order valence-electron chi connectivity index (χ2n) is 8.64. The average molecular weight is 461 g/mol.